The molecule has 2 rings (SSSR count). The lowest BCUT2D eigenvalue weighted by atomic mass is 9.95. The van der Waals surface area contributed by atoms with Gasteiger partial charge in [-0.05, 0) is 74.8 Å². The number of nitrogens with two attached hydrogens (primary N) is 1. The molecule has 0 radical (unpaired) electrons. The summed E-state index contributed by atoms with van der Waals surface area (Å²) in [5.74, 6) is 1.31. The summed E-state index contributed by atoms with van der Waals surface area (Å²) in [4.78, 5) is 27.8. The molecule has 3 N–H and O–H groups in total. The highest BCUT2D eigenvalue weighted by Gasteiger charge is 2.24. The number of azo groups is 1. The Hall–Kier alpha value is -3.42. The highest BCUT2D eigenvalue weighted by atomic mass is 16.5. The molecule has 262 valence electrons. The van der Waals surface area contributed by atoms with Crippen molar-refractivity contribution in [1.82, 2.24) is 0 Å². The Bertz CT molecular complexity index is 1210. The van der Waals surface area contributed by atoms with E-state index in [0.717, 1.165) is 63.1 Å². The quantitative estimate of drug-likeness (QED) is 0.110. The summed E-state index contributed by atoms with van der Waals surface area (Å²) in [6, 6.07) is 10.7. The van der Waals surface area contributed by atoms with Crippen LogP contribution in [0.4, 0.5) is 22.7 Å². The number of hydrogen-bond acceptors (Lipinski definition) is 6. The van der Waals surface area contributed by atoms with Gasteiger partial charge in [0.05, 0.1) is 23.7 Å². The Morgan fingerprint density at radius 2 is 1.36 bits per heavy atom. The molecule has 0 aliphatic heterocycles. The monoisotopic (exact) mass is 649 g/mol. The first-order valence-electron chi connectivity index (χ1n) is 18.4. The molecule has 0 aromatic heterocycles. The van der Waals surface area contributed by atoms with E-state index < -0.39 is 5.91 Å². The van der Waals surface area contributed by atoms with Gasteiger partial charge in [-0.1, -0.05) is 92.9 Å². The minimum Gasteiger partial charge on any atom is -0.492 e. The van der Waals surface area contributed by atoms with Gasteiger partial charge in [-0.3, -0.25) is 9.59 Å². The number of rotatable bonds is 24. The van der Waals surface area contributed by atoms with Crippen LogP contribution in [0.1, 0.15) is 136 Å². The number of benzene rings is 2. The van der Waals surface area contributed by atoms with Gasteiger partial charge in [-0.15, -0.1) is 5.11 Å². The molecule has 8 nitrogen and oxygen atoms in total. The van der Waals surface area contributed by atoms with E-state index in [1.807, 2.05) is 13.0 Å². The Morgan fingerprint density at radius 1 is 0.787 bits per heavy atom. The van der Waals surface area contributed by atoms with Crippen LogP contribution in [0.25, 0.3) is 0 Å². The van der Waals surface area contributed by atoms with Crippen LogP contribution in [0.5, 0.6) is 5.75 Å². The Balaban J connectivity index is 2.70. The number of hydrogen-bond donors (Lipinski definition) is 2. The van der Waals surface area contributed by atoms with Crippen molar-refractivity contribution in [2.75, 3.05) is 29.9 Å². The third-order valence-corrected chi connectivity index (χ3v) is 9.21. The zero-order valence-electron chi connectivity index (χ0n) is 30.4. The van der Waals surface area contributed by atoms with E-state index in [9.17, 15) is 9.59 Å². The van der Waals surface area contributed by atoms with Crippen LogP contribution in [0.2, 0.25) is 0 Å². The molecule has 3 atom stereocenters. The number of ether oxygens (including phenoxy) is 1. The summed E-state index contributed by atoms with van der Waals surface area (Å²) < 4.78 is 6.32. The largest absolute Gasteiger partial charge is 0.492 e. The van der Waals surface area contributed by atoms with Crippen LogP contribution in [0.3, 0.4) is 0 Å². The first-order valence-corrected chi connectivity index (χ1v) is 18.4. The predicted molar refractivity (Wildman–Crippen MR) is 198 cm³/mol. The highest BCUT2D eigenvalue weighted by Crippen LogP contribution is 2.41. The lowest BCUT2D eigenvalue weighted by molar-refractivity contribution is -0.120. The second-order valence-electron chi connectivity index (χ2n) is 12.9. The minimum atomic E-state index is -0.492. The average molecular weight is 650 g/mol. The summed E-state index contributed by atoms with van der Waals surface area (Å²) in [5.41, 5.74) is 8.57. The van der Waals surface area contributed by atoms with Crippen molar-refractivity contribution in [2.24, 2.45) is 33.7 Å². The van der Waals surface area contributed by atoms with Gasteiger partial charge in [0, 0.05) is 30.6 Å². The first-order chi connectivity index (χ1) is 22.7. The molecule has 0 fully saturated rings. The van der Waals surface area contributed by atoms with Crippen LogP contribution < -0.4 is 20.7 Å². The summed E-state index contributed by atoms with van der Waals surface area (Å²) in [5, 5.41) is 12.4. The number of anilines is 2. The van der Waals surface area contributed by atoms with Crippen LogP contribution in [0.15, 0.2) is 46.6 Å². The molecule has 2 aromatic carbocycles. The van der Waals surface area contributed by atoms with Crippen molar-refractivity contribution in [2.45, 2.75) is 126 Å². The molecule has 8 heteroatoms. The van der Waals surface area contributed by atoms with Gasteiger partial charge in [0.15, 0.2) is 0 Å². The van der Waals surface area contributed by atoms with E-state index in [-0.39, 0.29) is 11.8 Å². The fraction of sp³-hybridized carbons (Fsp3) is 0.641. The van der Waals surface area contributed by atoms with Crippen LogP contribution >= 0.6 is 0 Å². The second kappa shape index (κ2) is 22.2. The van der Waals surface area contributed by atoms with Gasteiger partial charge in [-0.25, -0.2) is 0 Å². The summed E-state index contributed by atoms with van der Waals surface area (Å²) in [6.45, 7) is 17.7. The van der Waals surface area contributed by atoms with Gasteiger partial charge in [0.25, 0.3) is 0 Å². The normalized spacial score (nSPS) is 13.3. The zero-order chi connectivity index (χ0) is 34.6. The SMILES string of the molecule is CCCCC(CC)CN(CC(CC)CCCC)c1cc(NC(=O)C(CC)CCCC)c(N=Nc2ccc(C(N)=O)cc2)cc1OCC. The maximum absolute atomic E-state index is 13.7. The summed E-state index contributed by atoms with van der Waals surface area (Å²) in [6.07, 6.45) is 13.1. The topological polar surface area (TPSA) is 109 Å². The van der Waals surface area contributed by atoms with E-state index in [1.54, 1.807) is 24.3 Å². The van der Waals surface area contributed by atoms with E-state index in [2.05, 4.69) is 68.1 Å². The molecule has 0 heterocycles. The molecule has 0 saturated carbocycles. The summed E-state index contributed by atoms with van der Waals surface area (Å²) >= 11 is 0. The van der Waals surface area contributed by atoms with Crippen molar-refractivity contribution in [1.29, 1.82) is 0 Å². The van der Waals surface area contributed by atoms with Crippen molar-refractivity contribution in [3.63, 3.8) is 0 Å². The summed E-state index contributed by atoms with van der Waals surface area (Å²) in [7, 11) is 0. The van der Waals surface area contributed by atoms with Crippen molar-refractivity contribution in [3.05, 3.63) is 42.0 Å². The van der Waals surface area contributed by atoms with E-state index in [0.29, 0.717) is 41.1 Å². The van der Waals surface area contributed by atoms with Gasteiger partial charge >= 0.3 is 0 Å². The molecule has 0 aliphatic rings. The molecule has 2 aromatic rings. The molecule has 3 unspecified atom stereocenters. The fourth-order valence-electron chi connectivity index (χ4n) is 6.00. The minimum absolute atomic E-state index is 0.00799. The predicted octanol–water partition coefficient (Wildman–Crippen LogP) is 11.0. The van der Waals surface area contributed by atoms with E-state index >= 15 is 0 Å². The van der Waals surface area contributed by atoms with Gasteiger partial charge in [-0.2, -0.15) is 5.11 Å². The Morgan fingerprint density at radius 3 is 1.85 bits per heavy atom. The molecule has 2 amide bonds. The number of carbonyl (C=O) groups is 2. The fourth-order valence-corrected chi connectivity index (χ4v) is 6.00. The standard InChI is InChI=1S/C39H63N5O3/c1-8-15-18-29(11-4)27-44(28-30(12-5)19-16-9-2)36-25-34(41-39(46)31(13-6)20-17-10-3)35(26-37(36)47-14-7)43-42-33-23-21-32(22-24-33)38(40)45/h21-26,29-31H,8-20,27-28H2,1-7H3,(H2,40,45)(H,41,46). The lowest BCUT2D eigenvalue weighted by Gasteiger charge is -2.34. The number of unbranched alkanes of at least 4 members (excludes halogenated alkanes) is 3. The van der Waals surface area contributed by atoms with Crippen molar-refractivity contribution >= 4 is 34.6 Å². The third kappa shape index (κ3) is 13.3. The smallest absolute Gasteiger partial charge is 0.248 e. The lowest BCUT2D eigenvalue weighted by Crippen LogP contribution is -2.34. The Labute approximate surface area is 285 Å². The van der Waals surface area contributed by atoms with Crippen molar-refractivity contribution < 1.29 is 14.3 Å². The number of carbonyl (C=O) groups excluding carboxylic acids is 2. The number of nitrogens with one attached hydrogen (secondary N) is 1. The van der Waals surface area contributed by atoms with E-state index in [4.69, 9.17) is 10.5 Å². The number of nitrogens with zero attached hydrogens (tertiary/aromatic N) is 3. The molecule has 0 aliphatic carbocycles. The van der Waals surface area contributed by atoms with Crippen LogP contribution in [-0.4, -0.2) is 31.5 Å². The Kier molecular flexibility index (Phi) is 18.8. The first kappa shape index (κ1) is 39.8. The number of amides is 2. The van der Waals surface area contributed by atoms with Gasteiger partial charge in [0.1, 0.15) is 11.4 Å². The molecular weight excluding hydrogens is 586 g/mol. The molecular formula is C39H63N5O3. The molecule has 0 spiro atoms. The maximum Gasteiger partial charge on any atom is 0.248 e. The van der Waals surface area contributed by atoms with Crippen LogP contribution in [0, 0.1) is 17.8 Å². The number of primary amides is 1. The van der Waals surface area contributed by atoms with Crippen molar-refractivity contribution in [3.8, 4) is 5.75 Å². The maximum atomic E-state index is 13.7. The van der Waals surface area contributed by atoms with Crippen LogP contribution in [-0.2, 0) is 4.79 Å². The average Bonchev–Trinajstić information content (AvgIpc) is 3.08. The molecule has 47 heavy (non-hydrogen) atoms. The van der Waals surface area contributed by atoms with Gasteiger partial charge < -0.3 is 20.7 Å². The zero-order valence-corrected chi connectivity index (χ0v) is 30.4. The molecule has 0 bridgehead atoms. The van der Waals surface area contributed by atoms with E-state index in [1.165, 1.54) is 38.5 Å². The van der Waals surface area contributed by atoms with Gasteiger partial charge in [0.2, 0.25) is 11.8 Å². The molecule has 0 saturated heterocycles. The second-order valence-corrected chi connectivity index (χ2v) is 12.9. The highest BCUT2D eigenvalue weighted by molar-refractivity contribution is 5.96. The third-order valence-electron chi connectivity index (χ3n) is 9.21.